The molecule has 0 bridgehead atoms. The van der Waals surface area contributed by atoms with Gasteiger partial charge in [-0.1, -0.05) is 38.8 Å². The van der Waals surface area contributed by atoms with Crippen LogP contribution in [0, 0.1) is 11.6 Å². The van der Waals surface area contributed by atoms with E-state index < -0.39 is 11.6 Å². The van der Waals surface area contributed by atoms with Gasteiger partial charge in [0.1, 0.15) is 0 Å². The molecule has 0 saturated heterocycles. The molecule has 0 atom stereocenters. The second-order valence-corrected chi connectivity index (χ2v) is 2.41. The highest BCUT2D eigenvalue weighted by atomic mass is 19.2. The zero-order valence-electron chi connectivity index (χ0n) is 7.48. The Balaban J connectivity index is 0.000000261. The molecule has 0 fully saturated rings. The van der Waals surface area contributed by atoms with Crippen LogP contribution in [0.3, 0.4) is 0 Å². The lowest BCUT2D eigenvalue weighted by molar-refractivity contribution is 0.508. The SMILES string of the molecule is CCCC.Fc1ccccc1F. The number of unbranched alkanes of at least 4 members (excludes halogenated alkanes) is 1. The van der Waals surface area contributed by atoms with E-state index in [2.05, 4.69) is 13.8 Å². The summed E-state index contributed by atoms with van der Waals surface area (Å²) in [5.41, 5.74) is 0. The molecular formula is C10H14F2. The monoisotopic (exact) mass is 172 g/mol. The Morgan fingerprint density at radius 1 is 0.917 bits per heavy atom. The van der Waals surface area contributed by atoms with E-state index in [9.17, 15) is 8.78 Å². The molecule has 1 aromatic carbocycles. The lowest BCUT2D eigenvalue weighted by Gasteiger charge is -1.85. The van der Waals surface area contributed by atoms with Crippen molar-refractivity contribution in [3.8, 4) is 0 Å². The average molecular weight is 172 g/mol. The maximum absolute atomic E-state index is 11.9. The molecule has 0 N–H and O–H groups in total. The van der Waals surface area contributed by atoms with Gasteiger partial charge < -0.3 is 0 Å². The van der Waals surface area contributed by atoms with Crippen molar-refractivity contribution >= 4 is 0 Å². The van der Waals surface area contributed by atoms with Crippen LogP contribution in [0.4, 0.5) is 8.78 Å². The third-order valence-electron chi connectivity index (χ3n) is 1.32. The predicted molar refractivity (Wildman–Crippen MR) is 46.9 cm³/mol. The van der Waals surface area contributed by atoms with Gasteiger partial charge >= 0.3 is 0 Å². The van der Waals surface area contributed by atoms with Gasteiger partial charge in [0, 0.05) is 0 Å². The van der Waals surface area contributed by atoms with Crippen LogP contribution in [0.1, 0.15) is 26.7 Å². The van der Waals surface area contributed by atoms with Gasteiger partial charge in [-0.05, 0) is 12.1 Å². The highest BCUT2D eigenvalue weighted by molar-refractivity contribution is 5.05. The van der Waals surface area contributed by atoms with Crippen LogP contribution in [0.2, 0.25) is 0 Å². The molecule has 0 aliphatic carbocycles. The molecule has 0 aromatic heterocycles. The van der Waals surface area contributed by atoms with E-state index in [0.29, 0.717) is 0 Å². The third kappa shape index (κ3) is 4.83. The van der Waals surface area contributed by atoms with Crippen LogP contribution in [-0.2, 0) is 0 Å². The minimum Gasteiger partial charge on any atom is -0.204 e. The number of hydrogen-bond donors (Lipinski definition) is 0. The summed E-state index contributed by atoms with van der Waals surface area (Å²) in [5, 5.41) is 0. The summed E-state index contributed by atoms with van der Waals surface area (Å²) in [6.07, 6.45) is 2.64. The molecule has 0 spiro atoms. The van der Waals surface area contributed by atoms with Crippen LogP contribution in [0.5, 0.6) is 0 Å². The molecule has 0 amide bonds. The molecule has 0 saturated carbocycles. The Kier molecular flexibility index (Phi) is 6.25. The normalized spacial score (nSPS) is 8.67. The van der Waals surface area contributed by atoms with E-state index in [0.717, 1.165) is 12.1 Å². The zero-order chi connectivity index (χ0) is 9.40. The van der Waals surface area contributed by atoms with Crippen LogP contribution < -0.4 is 0 Å². The number of hydrogen-bond acceptors (Lipinski definition) is 0. The second kappa shape index (κ2) is 6.77. The highest BCUT2D eigenvalue weighted by Crippen LogP contribution is 2.01. The fourth-order valence-corrected chi connectivity index (χ4v) is 0.439. The van der Waals surface area contributed by atoms with Gasteiger partial charge in [0.2, 0.25) is 0 Å². The average Bonchev–Trinajstić information content (AvgIpc) is 2.11. The van der Waals surface area contributed by atoms with Crippen LogP contribution in [-0.4, -0.2) is 0 Å². The molecule has 0 radical (unpaired) electrons. The van der Waals surface area contributed by atoms with Gasteiger partial charge in [-0.25, -0.2) is 8.78 Å². The van der Waals surface area contributed by atoms with E-state index in [4.69, 9.17) is 0 Å². The summed E-state index contributed by atoms with van der Waals surface area (Å²) >= 11 is 0. The smallest absolute Gasteiger partial charge is 0.158 e. The Hall–Kier alpha value is -0.920. The maximum atomic E-state index is 11.9. The first-order chi connectivity index (χ1) is 5.72. The first kappa shape index (κ1) is 11.1. The van der Waals surface area contributed by atoms with Crippen molar-refractivity contribution in [1.82, 2.24) is 0 Å². The van der Waals surface area contributed by atoms with Gasteiger partial charge in [0.25, 0.3) is 0 Å². The van der Waals surface area contributed by atoms with Gasteiger partial charge in [0.05, 0.1) is 0 Å². The Labute approximate surface area is 72.2 Å². The van der Waals surface area contributed by atoms with E-state index in [1.807, 2.05) is 0 Å². The van der Waals surface area contributed by atoms with Gasteiger partial charge in [-0.2, -0.15) is 0 Å². The second-order valence-electron chi connectivity index (χ2n) is 2.41. The van der Waals surface area contributed by atoms with Crippen molar-refractivity contribution in [3.63, 3.8) is 0 Å². The fourth-order valence-electron chi connectivity index (χ4n) is 0.439. The topological polar surface area (TPSA) is 0 Å². The van der Waals surface area contributed by atoms with Crippen LogP contribution >= 0.6 is 0 Å². The lowest BCUT2D eigenvalue weighted by Crippen LogP contribution is -1.77. The number of halogens is 2. The molecule has 0 aliphatic rings. The maximum Gasteiger partial charge on any atom is 0.158 e. The van der Waals surface area contributed by atoms with Crippen molar-refractivity contribution in [1.29, 1.82) is 0 Å². The van der Waals surface area contributed by atoms with Crippen molar-refractivity contribution in [2.75, 3.05) is 0 Å². The van der Waals surface area contributed by atoms with Crippen molar-refractivity contribution in [2.45, 2.75) is 26.7 Å². The van der Waals surface area contributed by atoms with E-state index >= 15 is 0 Å². The van der Waals surface area contributed by atoms with Crippen LogP contribution in [0.25, 0.3) is 0 Å². The largest absolute Gasteiger partial charge is 0.204 e. The molecule has 68 valence electrons. The molecule has 0 aliphatic heterocycles. The minimum atomic E-state index is -0.799. The van der Waals surface area contributed by atoms with Gasteiger partial charge in [0.15, 0.2) is 11.6 Å². The minimum absolute atomic E-state index is 0.799. The molecular weight excluding hydrogens is 158 g/mol. The van der Waals surface area contributed by atoms with Gasteiger partial charge in [-0.15, -0.1) is 0 Å². The van der Waals surface area contributed by atoms with Crippen molar-refractivity contribution in [3.05, 3.63) is 35.9 Å². The summed E-state index contributed by atoms with van der Waals surface area (Å²) in [5.74, 6) is -1.60. The summed E-state index contributed by atoms with van der Waals surface area (Å²) in [6, 6.07) is 5.04. The molecule has 2 heteroatoms. The first-order valence-electron chi connectivity index (χ1n) is 4.12. The van der Waals surface area contributed by atoms with Crippen LogP contribution in [0.15, 0.2) is 24.3 Å². The Bertz CT molecular complexity index is 186. The first-order valence-corrected chi connectivity index (χ1v) is 4.12. The summed E-state index contributed by atoms with van der Waals surface area (Å²) in [7, 11) is 0. The number of rotatable bonds is 1. The molecule has 1 aromatic rings. The standard InChI is InChI=1S/C6H4F2.C4H10/c7-5-3-1-2-4-6(5)8;1-3-4-2/h1-4H;3-4H2,1-2H3. The molecule has 0 nitrogen and oxygen atoms in total. The molecule has 0 unspecified atom stereocenters. The summed E-state index contributed by atoms with van der Waals surface area (Å²) < 4.78 is 23.9. The fraction of sp³-hybridized carbons (Fsp3) is 0.400. The Morgan fingerprint density at radius 3 is 1.42 bits per heavy atom. The Morgan fingerprint density at radius 2 is 1.25 bits per heavy atom. The number of benzene rings is 1. The third-order valence-corrected chi connectivity index (χ3v) is 1.32. The lowest BCUT2D eigenvalue weighted by atomic mass is 10.3. The zero-order valence-corrected chi connectivity index (χ0v) is 7.48. The van der Waals surface area contributed by atoms with Crippen molar-refractivity contribution < 1.29 is 8.78 Å². The van der Waals surface area contributed by atoms with E-state index in [-0.39, 0.29) is 0 Å². The highest BCUT2D eigenvalue weighted by Gasteiger charge is 1.93. The summed E-state index contributed by atoms with van der Waals surface area (Å²) in [6.45, 7) is 4.36. The summed E-state index contributed by atoms with van der Waals surface area (Å²) in [4.78, 5) is 0. The van der Waals surface area contributed by atoms with E-state index in [1.54, 1.807) is 0 Å². The quantitative estimate of drug-likeness (QED) is 0.604. The van der Waals surface area contributed by atoms with Gasteiger partial charge in [-0.3, -0.25) is 0 Å². The molecule has 12 heavy (non-hydrogen) atoms. The molecule has 0 heterocycles. The van der Waals surface area contributed by atoms with E-state index in [1.165, 1.54) is 25.0 Å². The van der Waals surface area contributed by atoms with Crippen molar-refractivity contribution in [2.24, 2.45) is 0 Å². The molecule has 1 rings (SSSR count). The predicted octanol–water partition coefficient (Wildman–Crippen LogP) is 3.77.